The summed E-state index contributed by atoms with van der Waals surface area (Å²) in [6.45, 7) is 3.10. The maximum absolute atomic E-state index is 10.2. The van der Waals surface area contributed by atoms with E-state index >= 15 is 0 Å². The van der Waals surface area contributed by atoms with E-state index in [1.807, 2.05) is 48.5 Å². The molecular weight excluding hydrogens is 532 g/mol. The standard InChI is InChI=1S/C31H36O10/c1-31(2,19-9-3-17(4-10-19)7-13-21-25(34)29(38)27(36)23(15-32)40-21)20-11-5-18(6-12-20)8-14-22-26(35)30(39)28(37)24(16-33)41-22/h3-6,9-12,21-30,32-39H,15-16H2,1-2H3. The molecule has 10 heteroatoms. The summed E-state index contributed by atoms with van der Waals surface area (Å²) in [4.78, 5) is 0. The maximum Gasteiger partial charge on any atom is 0.147 e. The molecule has 2 fully saturated rings. The molecule has 10 nitrogen and oxygen atoms in total. The molecule has 2 aliphatic heterocycles. The lowest BCUT2D eigenvalue weighted by Crippen LogP contribution is -2.58. The predicted molar refractivity (Wildman–Crippen MR) is 146 cm³/mol. The van der Waals surface area contributed by atoms with Crippen molar-refractivity contribution >= 4 is 0 Å². The molecule has 41 heavy (non-hydrogen) atoms. The molecule has 2 aromatic rings. The Hall–Kier alpha value is -2.84. The first-order valence-corrected chi connectivity index (χ1v) is 13.3. The Bertz CT molecular complexity index is 1180. The molecule has 2 saturated heterocycles. The molecule has 0 radical (unpaired) electrons. The zero-order chi connectivity index (χ0) is 29.9. The molecule has 0 spiro atoms. The van der Waals surface area contributed by atoms with Gasteiger partial charge in [-0.15, -0.1) is 0 Å². The van der Waals surface area contributed by atoms with E-state index in [2.05, 4.69) is 37.5 Å². The molecule has 0 aromatic heterocycles. The largest absolute Gasteiger partial charge is 0.394 e. The molecule has 2 aliphatic rings. The normalized spacial score (nSPS) is 33.7. The molecule has 0 saturated carbocycles. The molecular formula is C31H36O10. The highest BCUT2D eigenvalue weighted by Gasteiger charge is 2.43. The van der Waals surface area contributed by atoms with Crippen LogP contribution in [0, 0.1) is 23.7 Å². The Morgan fingerprint density at radius 1 is 0.561 bits per heavy atom. The summed E-state index contributed by atoms with van der Waals surface area (Å²) in [5.41, 5.74) is 2.94. The van der Waals surface area contributed by atoms with E-state index in [4.69, 9.17) is 9.47 Å². The first-order chi connectivity index (χ1) is 19.5. The van der Waals surface area contributed by atoms with Gasteiger partial charge in [-0.2, -0.15) is 0 Å². The number of benzene rings is 2. The number of ether oxygens (including phenoxy) is 2. The van der Waals surface area contributed by atoms with Gasteiger partial charge < -0.3 is 50.3 Å². The van der Waals surface area contributed by atoms with Crippen LogP contribution >= 0.6 is 0 Å². The second-order valence-corrected chi connectivity index (χ2v) is 10.8. The van der Waals surface area contributed by atoms with Crippen LogP contribution in [0.3, 0.4) is 0 Å². The van der Waals surface area contributed by atoms with Gasteiger partial charge in [0.05, 0.1) is 13.2 Å². The average Bonchev–Trinajstić information content (AvgIpc) is 2.98. The fraction of sp³-hybridized carbons (Fsp3) is 0.484. The molecule has 2 heterocycles. The lowest BCUT2D eigenvalue weighted by Gasteiger charge is -2.37. The van der Waals surface area contributed by atoms with E-state index in [1.165, 1.54) is 0 Å². The van der Waals surface area contributed by atoms with Crippen LogP contribution in [0.2, 0.25) is 0 Å². The SMILES string of the molecule is CC(C)(c1ccc(C#CC2OC(CO)C(O)C(O)C2O)cc1)c1ccc(C#CC2OC(CO)C(O)C(O)C2O)cc1. The van der Waals surface area contributed by atoms with Crippen LogP contribution in [0.4, 0.5) is 0 Å². The van der Waals surface area contributed by atoms with Gasteiger partial charge in [-0.3, -0.25) is 0 Å². The van der Waals surface area contributed by atoms with Crippen LogP contribution in [-0.2, 0) is 14.9 Å². The fourth-order valence-corrected chi connectivity index (χ4v) is 4.86. The van der Waals surface area contributed by atoms with Crippen molar-refractivity contribution in [2.45, 2.75) is 80.3 Å². The number of aliphatic hydroxyl groups excluding tert-OH is 8. The number of aliphatic hydroxyl groups is 8. The van der Waals surface area contributed by atoms with Gasteiger partial charge in [0.2, 0.25) is 0 Å². The molecule has 8 N–H and O–H groups in total. The first-order valence-electron chi connectivity index (χ1n) is 13.3. The zero-order valence-electron chi connectivity index (χ0n) is 22.7. The third-order valence-corrected chi connectivity index (χ3v) is 7.72. The van der Waals surface area contributed by atoms with Crippen LogP contribution in [0.15, 0.2) is 48.5 Å². The Morgan fingerprint density at radius 2 is 0.902 bits per heavy atom. The lowest BCUT2D eigenvalue weighted by molar-refractivity contribution is -0.214. The minimum atomic E-state index is -1.48. The summed E-state index contributed by atoms with van der Waals surface area (Å²) in [5.74, 6) is 11.4. The van der Waals surface area contributed by atoms with Gasteiger partial charge in [-0.05, 0) is 35.4 Å². The summed E-state index contributed by atoms with van der Waals surface area (Å²) in [6.07, 6.45) is -12.8. The number of hydrogen-bond acceptors (Lipinski definition) is 10. The Kier molecular flexibility index (Phi) is 9.85. The average molecular weight is 569 g/mol. The second-order valence-electron chi connectivity index (χ2n) is 10.8. The van der Waals surface area contributed by atoms with E-state index in [1.54, 1.807) is 0 Å². The van der Waals surface area contributed by atoms with Gasteiger partial charge in [0, 0.05) is 16.5 Å². The fourth-order valence-electron chi connectivity index (χ4n) is 4.86. The first kappa shape index (κ1) is 31.1. The molecule has 220 valence electrons. The quantitative estimate of drug-likeness (QED) is 0.200. The van der Waals surface area contributed by atoms with Crippen LogP contribution < -0.4 is 0 Å². The van der Waals surface area contributed by atoms with Crippen molar-refractivity contribution in [3.63, 3.8) is 0 Å². The van der Waals surface area contributed by atoms with Gasteiger partial charge in [0.15, 0.2) is 0 Å². The van der Waals surface area contributed by atoms with Crippen molar-refractivity contribution in [3.8, 4) is 23.7 Å². The van der Waals surface area contributed by atoms with Crippen molar-refractivity contribution in [1.82, 2.24) is 0 Å². The molecule has 10 unspecified atom stereocenters. The van der Waals surface area contributed by atoms with Crippen molar-refractivity contribution in [1.29, 1.82) is 0 Å². The van der Waals surface area contributed by atoms with Crippen molar-refractivity contribution in [3.05, 3.63) is 70.8 Å². The molecule has 10 atom stereocenters. The molecule has 0 amide bonds. The van der Waals surface area contributed by atoms with E-state index < -0.39 is 74.3 Å². The van der Waals surface area contributed by atoms with Crippen LogP contribution in [0.5, 0.6) is 0 Å². The van der Waals surface area contributed by atoms with Gasteiger partial charge in [-0.1, -0.05) is 61.8 Å². The third kappa shape index (κ3) is 6.64. The molecule has 4 rings (SSSR count). The van der Waals surface area contributed by atoms with E-state index in [0.29, 0.717) is 11.1 Å². The summed E-state index contributed by atoms with van der Waals surface area (Å²) < 4.78 is 10.9. The third-order valence-electron chi connectivity index (χ3n) is 7.72. The number of rotatable bonds is 4. The second kappa shape index (κ2) is 13.0. The minimum absolute atomic E-state index is 0.382. The van der Waals surface area contributed by atoms with Crippen molar-refractivity contribution in [2.75, 3.05) is 13.2 Å². The van der Waals surface area contributed by atoms with Crippen LogP contribution in [0.1, 0.15) is 36.1 Å². The Morgan fingerprint density at radius 3 is 1.22 bits per heavy atom. The summed E-state index contributed by atoms with van der Waals surface area (Å²) >= 11 is 0. The smallest absolute Gasteiger partial charge is 0.147 e. The number of hydrogen-bond donors (Lipinski definition) is 8. The Balaban J connectivity index is 1.44. The monoisotopic (exact) mass is 568 g/mol. The van der Waals surface area contributed by atoms with E-state index in [9.17, 15) is 40.9 Å². The van der Waals surface area contributed by atoms with Crippen molar-refractivity contribution in [2.24, 2.45) is 0 Å². The molecule has 0 aliphatic carbocycles. The summed E-state index contributed by atoms with van der Waals surface area (Å²) in [7, 11) is 0. The highest BCUT2D eigenvalue weighted by molar-refractivity contribution is 5.45. The topological polar surface area (TPSA) is 180 Å². The maximum atomic E-state index is 10.2. The van der Waals surface area contributed by atoms with Gasteiger partial charge in [-0.25, -0.2) is 0 Å². The van der Waals surface area contributed by atoms with Crippen molar-refractivity contribution < 1.29 is 50.3 Å². The molecule has 0 bridgehead atoms. The van der Waals surface area contributed by atoms with Gasteiger partial charge >= 0.3 is 0 Å². The molecule has 2 aromatic carbocycles. The van der Waals surface area contributed by atoms with Crippen LogP contribution in [-0.4, -0.2) is 115 Å². The predicted octanol–water partition coefficient (Wildman–Crippen LogP) is -1.60. The van der Waals surface area contributed by atoms with E-state index in [0.717, 1.165) is 11.1 Å². The van der Waals surface area contributed by atoms with E-state index in [-0.39, 0.29) is 5.41 Å². The zero-order valence-corrected chi connectivity index (χ0v) is 22.7. The summed E-state index contributed by atoms with van der Waals surface area (Å²) in [6, 6.07) is 15.0. The van der Waals surface area contributed by atoms with Gasteiger partial charge in [0.25, 0.3) is 0 Å². The highest BCUT2D eigenvalue weighted by Crippen LogP contribution is 2.32. The lowest BCUT2D eigenvalue weighted by atomic mass is 9.78. The minimum Gasteiger partial charge on any atom is -0.394 e. The van der Waals surface area contributed by atoms with Crippen LogP contribution in [0.25, 0.3) is 0 Å². The Labute approximate surface area is 238 Å². The summed E-state index contributed by atoms with van der Waals surface area (Å²) in [5, 5.41) is 78.7. The highest BCUT2D eigenvalue weighted by atomic mass is 16.5. The van der Waals surface area contributed by atoms with Gasteiger partial charge in [0.1, 0.15) is 61.0 Å².